The summed E-state index contributed by atoms with van der Waals surface area (Å²) in [4.78, 5) is 12.8. The van der Waals surface area contributed by atoms with E-state index in [1.807, 2.05) is 34.9 Å². The summed E-state index contributed by atoms with van der Waals surface area (Å²) in [5.74, 6) is 0. The van der Waals surface area contributed by atoms with Gasteiger partial charge >= 0.3 is 5.69 Å². The van der Waals surface area contributed by atoms with Gasteiger partial charge in [0.15, 0.2) is 0 Å². The van der Waals surface area contributed by atoms with Crippen LogP contribution in [0.2, 0.25) is 0 Å². The lowest BCUT2D eigenvalue weighted by molar-refractivity contribution is 0.528. The normalized spacial score (nSPS) is 23.6. The Kier molecular flexibility index (Phi) is 6.03. The second kappa shape index (κ2) is 8.07. The SMILES string of the molecule is C=Cc1c(SC2CC(Cl)C[C@H](Cl)C2)n(Cc2ccccc2)c(=O)n1C. The first kappa shape index (κ1) is 18.7. The number of hydrogen-bond acceptors (Lipinski definition) is 2. The Labute approximate surface area is 162 Å². The third-order valence-electron chi connectivity index (χ3n) is 4.55. The van der Waals surface area contributed by atoms with Crippen LogP contribution in [0, 0.1) is 0 Å². The minimum atomic E-state index is -0.0260. The number of aromatic nitrogens is 2. The summed E-state index contributed by atoms with van der Waals surface area (Å²) >= 11 is 14.4. The minimum Gasteiger partial charge on any atom is -0.294 e. The zero-order chi connectivity index (χ0) is 18.0. The number of imidazole rings is 1. The van der Waals surface area contributed by atoms with Crippen molar-refractivity contribution in [3.63, 3.8) is 0 Å². The molecule has 0 aliphatic heterocycles. The highest BCUT2D eigenvalue weighted by molar-refractivity contribution is 8.00. The number of alkyl halides is 2. The van der Waals surface area contributed by atoms with Crippen molar-refractivity contribution in [1.29, 1.82) is 0 Å². The highest BCUT2D eigenvalue weighted by Crippen LogP contribution is 2.38. The molecule has 1 heterocycles. The Balaban J connectivity index is 1.95. The third kappa shape index (κ3) is 4.18. The second-order valence-corrected chi connectivity index (χ2v) is 8.97. The van der Waals surface area contributed by atoms with Gasteiger partial charge in [-0.3, -0.25) is 9.13 Å². The minimum absolute atomic E-state index is 0.0260. The van der Waals surface area contributed by atoms with Crippen LogP contribution in [0.15, 0.2) is 46.7 Å². The Hall–Kier alpha value is -1.10. The average molecular weight is 397 g/mol. The molecule has 3 nitrogen and oxygen atoms in total. The quantitative estimate of drug-likeness (QED) is 0.682. The summed E-state index contributed by atoms with van der Waals surface area (Å²) in [5.41, 5.74) is 1.93. The van der Waals surface area contributed by atoms with Crippen LogP contribution in [0.5, 0.6) is 0 Å². The molecule has 1 aromatic heterocycles. The van der Waals surface area contributed by atoms with Gasteiger partial charge < -0.3 is 0 Å². The molecule has 1 aliphatic rings. The predicted molar refractivity (Wildman–Crippen MR) is 108 cm³/mol. The van der Waals surface area contributed by atoms with Crippen molar-refractivity contribution in [2.75, 3.05) is 0 Å². The lowest BCUT2D eigenvalue weighted by atomic mass is 9.99. The van der Waals surface area contributed by atoms with Crippen LogP contribution in [0.4, 0.5) is 0 Å². The summed E-state index contributed by atoms with van der Waals surface area (Å²) < 4.78 is 3.50. The lowest BCUT2D eigenvalue weighted by Gasteiger charge is -2.28. The number of hydrogen-bond donors (Lipinski definition) is 0. The van der Waals surface area contributed by atoms with Gasteiger partial charge in [-0.05, 0) is 30.9 Å². The van der Waals surface area contributed by atoms with E-state index in [1.165, 1.54) is 0 Å². The zero-order valence-electron chi connectivity index (χ0n) is 14.2. The van der Waals surface area contributed by atoms with Gasteiger partial charge in [-0.1, -0.05) is 36.9 Å². The van der Waals surface area contributed by atoms with Crippen molar-refractivity contribution < 1.29 is 0 Å². The molecule has 6 heteroatoms. The summed E-state index contributed by atoms with van der Waals surface area (Å²) in [7, 11) is 1.79. The van der Waals surface area contributed by atoms with Crippen LogP contribution in [0.25, 0.3) is 6.08 Å². The largest absolute Gasteiger partial charge is 0.329 e. The third-order valence-corrected chi connectivity index (χ3v) is 6.63. The average Bonchev–Trinajstić information content (AvgIpc) is 2.79. The van der Waals surface area contributed by atoms with Crippen molar-refractivity contribution in [3.8, 4) is 0 Å². The number of halogens is 2. The van der Waals surface area contributed by atoms with E-state index in [-0.39, 0.29) is 16.4 Å². The maximum atomic E-state index is 12.8. The molecule has 134 valence electrons. The highest BCUT2D eigenvalue weighted by atomic mass is 35.5. The van der Waals surface area contributed by atoms with Gasteiger partial charge in [0.2, 0.25) is 0 Å². The van der Waals surface area contributed by atoms with Crippen molar-refractivity contribution in [2.24, 2.45) is 7.05 Å². The molecule has 25 heavy (non-hydrogen) atoms. The van der Waals surface area contributed by atoms with Crippen LogP contribution < -0.4 is 5.69 Å². The molecule has 1 aliphatic carbocycles. The summed E-state index contributed by atoms with van der Waals surface area (Å²) in [6.45, 7) is 4.45. The van der Waals surface area contributed by atoms with Crippen LogP contribution in [0.3, 0.4) is 0 Å². The van der Waals surface area contributed by atoms with Gasteiger partial charge in [-0.15, -0.1) is 35.0 Å². The van der Waals surface area contributed by atoms with Gasteiger partial charge in [0, 0.05) is 23.1 Å². The summed E-state index contributed by atoms with van der Waals surface area (Å²) in [5, 5.41) is 1.45. The molecule has 0 bridgehead atoms. The lowest BCUT2D eigenvalue weighted by Crippen LogP contribution is -2.26. The van der Waals surface area contributed by atoms with E-state index in [0.29, 0.717) is 11.8 Å². The topological polar surface area (TPSA) is 26.9 Å². The molecule has 1 aromatic carbocycles. The number of benzene rings is 1. The molecule has 0 spiro atoms. The molecule has 1 saturated carbocycles. The predicted octanol–water partition coefficient (Wildman–Crippen LogP) is 4.74. The fourth-order valence-corrected chi connectivity index (χ4v) is 6.04. The number of nitrogens with zero attached hydrogens (tertiary/aromatic N) is 2. The second-order valence-electron chi connectivity index (χ2n) is 6.45. The molecule has 3 rings (SSSR count). The molecule has 0 amide bonds. The first-order valence-corrected chi connectivity index (χ1v) is 10.2. The van der Waals surface area contributed by atoms with E-state index in [0.717, 1.165) is 35.5 Å². The fourth-order valence-electron chi connectivity index (χ4n) is 3.30. The van der Waals surface area contributed by atoms with E-state index in [9.17, 15) is 4.79 Å². The van der Waals surface area contributed by atoms with Gasteiger partial charge in [0.05, 0.1) is 12.2 Å². The standard InChI is InChI=1S/C19H22Cl2N2OS/c1-3-17-18(25-16-10-14(20)9-15(21)11-16)23(19(24)22(17)2)12-13-7-5-4-6-8-13/h3-8,14-16H,1,9-12H2,2H3/t14-,15?,16?/m0/s1. The van der Waals surface area contributed by atoms with E-state index in [1.54, 1.807) is 29.5 Å². The monoisotopic (exact) mass is 396 g/mol. The van der Waals surface area contributed by atoms with E-state index >= 15 is 0 Å². The smallest absolute Gasteiger partial charge is 0.294 e. The van der Waals surface area contributed by atoms with Crippen molar-refractivity contribution in [2.45, 2.75) is 46.8 Å². The maximum Gasteiger partial charge on any atom is 0.329 e. The maximum absolute atomic E-state index is 12.8. The molecule has 2 unspecified atom stereocenters. The number of rotatable bonds is 5. The molecule has 0 saturated heterocycles. The Morgan fingerprint density at radius 2 is 1.84 bits per heavy atom. The highest BCUT2D eigenvalue weighted by Gasteiger charge is 2.29. The molecule has 0 N–H and O–H groups in total. The molecule has 3 atom stereocenters. The van der Waals surface area contributed by atoms with Gasteiger partial charge in [0.1, 0.15) is 5.03 Å². The number of thioether (sulfide) groups is 1. The molecule has 0 radical (unpaired) electrons. The zero-order valence-corrected chi connectivity index (χ0v) is 16.5. The van der Waals surface area contributed by atoms with Gasteiger partial charge in [0.25, 0.3) is 0 Å². The van der Waals surface area contributed by atoms with E-state index in [4.69, 9.17) is 23.2 Å². The van der Waals surface area contributed by atoms with Crippen molar-refractivity contribution >= 4 is 41.0 Å². The first-order valence-electron chi connectivity index (χ1n) is 8.40. The molecule has 2 aromatic rings. The van der Waals surface area contributed by atoms with Crippen LogP contribution in [0.1, 0.15) is 30.5 Å². The van der Waals surface area contributed by atoms with Gasteiger partial charge in [-0.25, -0.2) is 4.79 Å². The Bertz CT molecular complexity index is 790. The Morgan fingerprint density at radius 1 is 1.20 bits per heavy atom. The van der Waals surface area contributed by atoms with E-state index < -0.39 is 0 Å². The van der Waals surface area contributed by atoms with Crippen molar-refractivity contribution in [3.05, 3.63) is 58.7 Å². The van der Waals surface area contributed by atoms with Gasteiger partial charge in [-0.2, -0.15) is 0 Å². The van der Waals surface area contributed by atoms with Crippen LogP contribution in [-0.2, 0) is 13.6 Å². The van der Waals surface area contributed by atoms with Crippen LogP contribution >= 0.6 is 35.0 Å². The fraction of sp³-hybridized carbons (Fsp3) is 0.421. The summed E-state index contributed by atoms with van der Waals surface area (Å²) in [6.07, 6.45) is 4.41. The molecular weight excluding hydrogens is 375 g/mol. The molecular formula is C19H22Cl2N2OS. The first-order chi connectivity index (χ1) is 12.0. The van der Waals surface area contributed by atoms with Crippen LogP contribution in [-0.4, -0.2) is 25.1 Å². The summed E-state index contributed by atoms with van der Waals surface area (Å²) in [6, 6.07) is 10.0. The van der Waals surface area contributed by atoms with E-state index in [2.05, 4.69) is 6.58 Å². The Morgan fingerprint density at radius 3 is 2.44 bits per heavy atom. The van der Waals surface area contributed by atoms with Crippen molar-refractivity contribution in [1.82, 2.24) is 9.13 Å². The molecule has 1 fully saturated rings.